The molecule has 0 N–H and O–H groups in total. The second-order valence-electron chi connectivity index (χ2n) is 9.37. The molecule has 2 amide bonds. The number of hydrogen-bond acceptors (Lipinski definition) is 4. The first-order valence-electron chi connectivity index (χ1n) is 12.1. The summed E-state index contributed by atoms with van der Waals surface area (Å²) in [5, 5.41) is 0.798. The van der Waals surface area contributed by atoms with Crippen molar-refractivity contribution in [2.75, 3.05) is 39.3 Å². The monoisotopic (exact) mass is 513 g/mol. The summed E-state index contributed by atoms with van der Waals surface area (Å²) in [4.78, 5) is 36.9. The van der Waals surface area contributed by atoms with Crippen LogP contribution in [-0.2, 0) is 18.4 Å². The summed E-state index contributed by atoms with van der Waals surface area (Å²) < 4.78 is 2.16. The van der Waals surface area contributed by atoms with Crippen molar-refractivity contribution < 1.29 is 9.59 Å². The number of carbonyl (C=O) groups excluding carboxylic acids is 2. The zero-order valence-electron chi connectivity index (χ0n) is 19.8. The Hall–Kier alpha value is -2.61. The van der Waals surface area contributed by atoms with Gasteiger partial charge in [0.1, 0.15) is 5.82 Å². The molecule has 0 atom stereocenters. The van der Waals surface area contributed by atoms with Gasteiger partial charge >= 0.3 is 0 Å². The maximum absolute atomic E-state index is 13.2. The van der Waals surface area contributed by atoms with Crippen LogP contribution in [0.1, 0.15) is 29.0 Å². The van der Waals surface area contributed by atoms with Crippen LogP contribution in [0, 0.1) is 5.92 Å². The zero-order chi connectivity index (χ0) is 24.5. The molecule has 1 aromatic heterocycles. The molecule has 2 aliphatic heterocycles. The number of likely N-dealkylation sites (tertiary alicyclic amines) is 1. The minimum atomic E-state index is -0.0779. The van der Waals surface area contributed by atoms with Crippen LogP contribution >= 0.6 is 23.2 Å². The average molecular weight is 514 g/mol. The zero-order valence-corrected chi connectivity index (χ0v) is 21.3. The number of aryl methyl sites for hydroxylation is 1. The van der Waals surface area contributed by atoms with Crippen molar-refractivity contribution in [1.82, 2.24) is 24.3 Å². The largest absolute Gasteiger partial charge is 0.339 e. The van der Waals surface area contributed by atoms with Crippen LogP contribution in [0.3, 0.4) is 0 Å². The second-order valence-corrected chi connectivity index (χ2v) is 10.2. The first-order valence-corrected chi connectivity index (χ1v) is 12.8. The molecule has 7 nitrogen and oxygen atoms in total. The van der Waals surface area contributed by atoms with E-state index in [4.69, 9.17) is 28.2 Å². The predicted molar refractivity (Wildman–Crippen MR) is 138 cm³/mol. The molecule has 0 spiro atoms. The van der Waals surface area contributed by atoms with Crippen LogP contribution < -0.4 is 0 Å². The van der Waals surface area contributed by atoms with Gasteiger partial charge in [-0.2, -0.15) is 0 Å². The van der Waals surface area contributed by atoms with Crippen LogP contribution in [0.4, 0.5) is 0 Å². The first-order chi connectivity index (χ1) is 16.9. The Kier molecular flexibility index (Phi) is 7.00. The van der Waals surface area contributed by atoms with E-state index in [1.165, 1.54) is 0 Å². The van der Waals surface area contributed by atoms with Gasteiger partial charge in [0, 0.05) is 44.7 Å². The minimum Gasteiger partial charge on any atom is -0.339 e. The summed E-state index contributed by atoms with van der Waals surface area (Å²) in [6.45, 7) is 4.73. The molecule has 3 heterocycles. The number of aromatic nitrogens is 2. The Morgan fingerprint density at radius 1 is 0.914 bits per heavy atom. The van der Waals surface area contributed by atoms with Crippen LogP contribution in [0.15, 0.2) is 42.5 Å². The topological polar surface area (TPSA) is 61.7 Å². The predicted octanol–water partition coefficient (Wildman–Crippen LogP) is 4.08. The Morgan fingerprint density at radius 3 is 2.29 bits per heavy atom. The van der Waals surface area contributed by atoms with E-state index in [9.17, 15) is 9.59 Å². The second kappa shape index (κ2) is 10.2. The van der Waals surface area contributed by atoms with E-state index in [0.717, 1.165) is 49.3 Å². The molecule has 184 valence electrons. The van der Waals surface area contributed by atoms with E-state index in [1.54, 1.807) is 23.1 Å². The number of piperidine rings is 1. The number of hydrogen-bond donors (Lipinski definition) is 0. The van der Waals surface area contributed by atoms with Crippen molar-refractivity contribution in [3.05, 3.63) is 63.9 Å². The molecule has 0 unspecified atom stereocenters. The van der Waals surface area contributed by atoms with Gasteiger partial charge in [0.15, 0.2) is 0 Å². The minimum absolute atomic E-state index is 0.0454. The molecule has 2 saturated heterocycles. The highest BCUT2D eigenvalue weighted by Gasteiger charge is 2.32. The molecule has 2 aromatic carbocycles. The standard InChI is InChI=1S/C26H29Cl2N5O2/c1-30-23-5-3-2-4-22(23)29-24(30)17-31-10-8-18(9-11-31)25(34)32-12-14-33(15-13-32)26(35)19-6-7-20(27)21(28)16-19/h2-7,16,18H,8-15,17H2,1H3. The first kappa shape index (κ1) is 24.1. The quantitative estimate of drug-likeness (QED) is 0.527. The lowest BCUT2D eigenvalue weighted by molar-refractivity contribution is -0.138. The molecular weight excluding hydrogens is 485 g/mol. The number of piperazine rings is 1. The number of carbonyl (C=O) groups is 2. The van der Waals surface area contributed by atoms with Gasteiger partial charge in [0.05, 0.1) is 27.6 Å². The van der Waals surface area contributed by atoms with E-state index in [0.29, 0.717) is 41.8 Å². The Bertz CT molecular complexity index is 1240. The molecule has 5 rings (SSSR count). The maximum Gasteiger partial charge on any atom is 0.254 e. The molecule has 0 saturated carbocycles. The van der Waals surface area contributed by atoms with Crippen molar-refractivity contribution in [3.8, 4) is 0 Å². The third kappa shape index (κ3) is 5.03. The smallest absolute Gasteiger partial charge is 0.254 e. The van der Waals surface area contributed by atoms with Gasteiger partial charge < -0.3 is 14.4 Å². The summed E-state index contributed by atoms with van der Waals surface area (Å²) in [6, 6.07) is 13.1. The van der Waals surface area contributed by atoms with Crippen molar-refractivity contribution in [1.29, 1.82) is 0 Å². The molecule has 2 aliphatic rings. The van der Waals surface area contributed by atoms with E-state index >= 15 is 0 Å². The lowest BCUT2D eigenvalue weighted by atomic mass is 9.95. The maximum atomic E-state index is 13.2. The van der Waals surface area contributed by atoms with Gasteiger partial charge in [-0.05, 0) is 56.3 Å². The van der Waals surface area contributed by atoms with Gasteiger partial charge in [0.25, 0.3) is 5.91 Å². The molecule has 0 radical (unpaired) electrons. The number of rotatable bonds is 4. The van der Waals surface area contributed by atoms with Gasteiger partial charge in [-0.3, -0.25) is 14.5 Å². The summed E-state index contributed by atoms with van der Waals surface area (Å²) in [7, 11) is 2.06. The number of benzene rings is 2. The summed E-state index contributed by atoms with van der Waals surface area (Å²) in [5.74, 6) is 1.24. The molecule has 0 aliphatic carbocycles. The number of fused-ring (bicyclic) bond motifs is 1. The Morgan fingerprint density at radius 2 is 1.60 bits per heavy atom. The third-order valence-electron chi connectivity index (χ3n) is 7.23. The van der Waals surface area contributed by atoms with Crippen LogP contribution in [-0.4, -0.2) is 75.3 Å². The van der Waals surface area contributed by atoms with Gasteiger partial charge in [-0.1, -0.05) is 35.3 Å². The van der Waals surface area contributed by atoms with Gasteiger partial charge in [0.2, 0.25) is 5.91 Å². The fourth-order valence-electron chi connectivity index (χ4n) is 5.07. The lowest BCUT2D eigenvalue weighted by Crippen LogP contribution is -2.53. The third-order valence-corrected chi connectivity index (χ3v) is 7.97. The number of halogens is 2. The fourth-order valence-corrected chi connectivity index (χ4v) is 5.37. The van der Waals surface area contributed by atoms with Crippen molar-refractivity contribution >= 4 is 46.0 Å². The molecule has 9 heteroatoms. The van der Waals surface area contributed by atoms with Crippen LogP contribution in [0.2, 0.25) is 10.0 Å². The van der Waals surface area contributed by atoms with E-state index < -0.39 is 0 Å². The summed E-state index contributed by atoms with van der Waals surface area (Å²) >= 11 is 12.0. The Labute approximate surface area is 215 Å². The summed E-state index contributed by atoms with van der Waals surface area (Å²) in [5.41, 5.74) is 2.68. The normalized spacial score (nSPS) is 17.8. The average Bonchev–Trinajstić information content (AvgIpc) is 3.20. The number of amides is 2. The molecule has 0 bridgehead atoms. The van der Waals surface area contributed by atoms with E-state index in [-0.39, 0.29) is 17.7 Å². The number of para-hydroxylation sites is 2. The molecule has 3 aromatic rings. The van der Waals surface area contributed by atoms with Crippen molar-refractivity contribution in [3.63, 3.8) is 0 Å². The molecule has 2 fully saturated rings. The lowest BCUT2D eigenvalue weighted by Gasteiger charge is -2.38. The summed E-state index contributed by atoms with van der Waals surface area (Å²) in [6.07, 6.45) is 1.70. The SMILES string of the molecule is Cn1c(CN2CCC(C(=O)N3CCN(C(=O)c4ccc(Cl)c(Cl)c4)CC3)CC2)nc2ccccc21. The highest BCUT2D eigenvalue weighted by Crippen LogP contribution is 2.25. The number of nitrogens with zero attached hydrogens (tertiary/aromatic N) is 5. The molecule has 35 heavy (non-hydrogen) atoms. The van der Waals surface area contributed by atoms with Gasteiger partial charge in [-0.25, -0.2) is 4.98 Å². The van der Waals surface area contributed by atoms with Crippen molar-refractivity contribution in [2.24, 2.45) is 13.0 Å². The van der Waals surface area contributed by atoms with Crippen molar-refractivity contribution in [2.45, 2.75) is 19.4 Å². The highest BCUT2D eigenvalue weighted by molar-refractivity contribution is 6.42. The molecular formula is C26H29Cl2N5O2. The fraction of sp³-hybridized carbons (Fsp3) is 0.423. The number of imidazole rings is 1. The van der Waals surface area contributed by atoms with E-state index in [2.05, 4.69) is 22.6 Å². The van der Waals surface area contributed by atoms with Gasteiger partial charge in [-0.15, -0.1) is 0 Å². The Balaban J connectivity index is 1.11. The van der Waals surface area contributed by atoms with Crippen LogP contribution in [0.5, 0.6) is 0 Å². The van der Waals surface area contributed by atoms with E-state index in [1.807, 2.05) is 23.1 Å². The van der Waals surface area contributed by atoms with Crippen LogP contribution in [0.25, 0.3) is 11.0 Å². The highest BCUT2D eigenvalue weighted by atomic mass is 35.5.